The second-order valence-electron chi connectivity index (χ2n) is 6.91. The molecule has 26 heavy (non-hydrogen) atoms. The van der Waals surface area contributed by atoms with E-state index in [1.54, 1.807) is 14.2 Å². The zero-order valence-electron chi connectivity index (χ0n) is 15.9. The molecule has 1 fully saturated rings. The highest BCUT2D eigenvalue weighted by Crippen LogP contribution is 2.39. The van der Waals surface area contributed by atoms with E-state index in [4.69, 9.17) is 18.3 Å². The van der Waals surface area contributed by atoms with Crippen molar-refractivity contribution in [3.8, 4) is 23.0 Å². The van der Waals surface area contributed by atoms with Gasteiger partial charge in [-0.3, -0.25) is 0 Å². The molecular formula is C21H28O4Si. The number of ether oxygens (including phenoxy) is 2. The second-order valence-corrected chi connectivity index (χ2v) is 10.2. The van der Waals surface area contributed by atoms with Crippen molar-refractivity contribution in [2.75, 3.05) is 14.2 Å². The smallest absolute Gasteiger partial charge is 0.460 e. The summed E-state index contributed by atoms with van der Waals surface area (Å²) in [5, 5.41) is 0. The Morgan fingerprint density at radius 2 is 1.04 bits per heavy atom. The first-order chi connectivity index (χ1) is 12.6. The summed E-state index contributed by atoms with van der Waals surface area (Å²) in [7, 11) is 0.873. The van der Waals surface area contributed by atoms with Crippen molar-refractivity contribution in [3.63, 3.8) is 0 Å². The van der Waals surface area contributed by atoms with E-state index in [2.05, 4.69) is 6.55 Å². The molecule has 1 aliphatic carbocycles. The molecule has 3 rings (SSSR count). The molecule has 1 aliphatic rings. The van der Waals surface area contributed by atoms with E-state index in [1.807, 2.05) is 48.5 Å². The van der Waals surface area contributed by atoms with Crippen LogP contribution < -0.4 is 18.3 Å². The molecule has 0 bridgehead atoms. The zero-order chi connectivity index (χ0) is 18.4. The number of hydrogen-bond donors (Lipinski definition) is 0. The maximum Gasteiger partial charge on any atom is 0.460 e. The fourth-order valence-corrected chi connectivity index (χ4v) is 6.61. The topological polar surface area (TPSA) is 36.9 Å². The second kappa shape index (κ2) is 8.49. The van der Waals surface area contributed by atoms with Gasteiger partial charge in [0.25, 0.3) is 0 Å². The average molecular weight is 373 g/mol. The highest BCUT2D eigenvalue weighted by molar-refractivity contribution is 6.69. The molecule has 0 heterocycles. The van der Waals surface area contributed by atoms with E-state index in [1.165, 1.54) is 32.1 Å². The van der Waals surface area contributed by atoms with Gasteiger partial charge in [0, 0.05) is 12.1 Å². The first-order valence-corrected chi connectivity index (χ1v) is 11.7. The number of hydrogen-bond acceptors (Lipinski definition) is 4. The molecule has 4 nitrogen and oxygen atoms in total. The molecule has 0 atom stereocenters. The molecule has 0 unspecified atom stereocenters. The Balaban J connectivity index is 1.82. The SMILES string of the molecule is COc1ccc(O[Si](C)(Oc2ccc(OC)cc2)C2CCCCC2)cc1. The van der Waals surface area contributed by atoms with Crippen LogP contribution in [0.1, 0.15) is 32.1 Å². The molecule has 140 valence electrons. The van der Waals surface area contributed by atoms with E-state index in [9.17, 15) is 0 Å². The van der Waals surface area contributed by atoms with Gasteiger partial charge in [-0.25, -0.2) is 0 Å². The van der Waals surface area contributed by atoms with Gasteiger partial charge in [0.1, 0.15) is 23.0 Å². The van der Waals surface area contributed by atoms with Crippen LogP contribution in [0.2, 0.25) is 12.1 Å². The van der Waals surface area contributed by atoms with Crippen LogP contribution in [-0.4, -0.2) is 22.8 Å². The number of rotatable bonds is 7. The first kappa shape index (κ1) is 18.6. The number of benzene rings is 2. The lowest BCUT2D eigenvalue weighted by molar-refractivity contribution is 0.336. The summed E-state index contributed by atoms with van der Waals surface area (Å²) in [4.78, 5) is 0. The van der Waals surface area contributed by atoms with E-state index in [0.717, 1.165) is 23.0 Å². The Kier molecular flexibility index (Phi) is 6.09. The molecule has 0 amide bonds. The van der Waals surface area contributed by atoms with Crippen LogP contribution in [0.4, 0.5) is 0 Å². The third kappa shape index (κ3) is 4.52. The molecule has 2 aromatic carbocycles. The highest BCUT2D eigenvalue weighted by Gasteiger charge is 2.45. The summed E-state index contributed by atoms with van der Waals surface area (Å²) in [6, 6.07) is 15.6. The molecule has 0 saturated heterocycles. The lowest BCUT2D eigenvalue weighted by Crippen LogP contribution is -2.50. The Hall–Kier alpha value is -2.14. The Morgan fingerprint density at radius 1 is 0.654 bits per heavy atom. The maximum absolute atomic E-state index is 6.53. The minimum Gasteiger partial charge on any atom is -0.512 e. The normalized spacial score (nSPS) is 15.3. The van der Waals surface area contributed by atoms with E-state index >= 15 is 0 Å². The maximum atomic E-state index is 6.53. The Bertz CT molecular complexity index is 629. The Morgan fingerprint density at radius 3 is 1.42 bits per heavy atom. The van der Waals surface area contributed by atoms with Crippen molar-refractivity contribution >= 4 is 8.56 Å². The molecule has 5 heteroatoms. The van der Waals surface area contributed by atoms with Crippen LogP contribution >= 0.6 is 0 Å². The van der Waals surface area contributed by atoms with Crippen LogP contribution in [0.25, 0.3) is 0 Å². The van der Waals surface area contributed by atoms with Crippen molar-refractivity contribution in [2.24, 2.45) is 0 Å². The molecule has 0 spiro atoms. The summed E-state index contributed by atoms with van der Waals surface area (Å²) in [5.74, 6) is 3.35. The van der Waals surface area contributed by atoms with Crippen LogP contribution in [0.15, 0.2) is 48.5 Å². The fourth-order valence-electron chi connectivity index (χ4n) is 3.57. The summed E-state index contributed by atoms with van der Waals surface area (Å²) in [5.41, 5.74) is 0.487. The largest absolute Gasteiger partial charge is 0.512 e. The average Bonchev–Trinajstić information content (AvgIpc) is 2.70. The van der Waals surface area contributed by atoms with Crippen LogP contribution in [0.3, 0.4) is 0 Å². The standard InChI is InChI=1S/C21H28O4Si/c1-22-17-9-13-19(14-10-17)24-26(3,21-7-5-4-6-8-21)25-20-15-11-18(23-2)12-16-20/h9-16,21H,4-8H2,1-3H3. The van der Waals surface area contributed by atoms with Crippen LogP contribution in [0.5, 0.6) is 23.0 Å². The third-order valence-electron chi connectivity index (χ3n) is 5.11. The van der Waals surface area contributed by atoms with Gasteiger partial charge in [0.15, 0.2) is 0 Å². The van der Waals surface area contributed by atoms with Crippen LogP contribution in [0, 0.1) is 0 Å². The molecule has 0 N–H and O–H groups in total. The summed E-state index contributed by atoms with van der Waals surface area (Å²) in [6.07, 6.45) is 6.17. The predicted molar refractivity (Wildman–Crippen MR) is 106 cm³/mol. The third-order valence-corrected chi connectivity index (χ3v) is 8.45. The summed E-state index contributed by atoms with van der Waals surface area (Å²) < 4.78 is 23.6. The van der Waals surface area contributed by atoms with Gasteiger partial charge in [-0.1, -0.05) is 19.3 Å². The minimum atomic E-state index is -2.47. The molecular weight excluding hydrogens is 344 g/mol. The van der Waals surface area contributed by atoms with Gasteiger partial charge in [-0.2, -0.15) is 0 Å². The van der Waals surface area contributed by atoms with Gasteiger partial charge >= 0.3 is 8.56 Å². The molecule has 0 radical (unpaired) electrons. The quantitative estimate of drug-likeness (QED) is 0.596. The van der Waals surface area contributed by atoms with Gasteiger partial charge < -0.3 is 18.3 Å². The molecule has 1 saturated carbocycles. The monoisotopic (exact) mass is 372 g/mol. The van der Waals surface area contributed by atoms with Gasteiger partial charge in [0.2, 0.25) is 0 Å². The predicted octanol–water partition coefficient (Wildman–Crippen LogP) is 5.57. The van der Waals surface area contributed by atoms with Gasteiger partial charge in [0.05, 0.1) is 14.2 Å². The minimum absolute atomic E-state index is 0.487. The molecule has 2 aromatic rings. The highest BCUT2D eigenvalue weighted by atomic mass is 28.4. The molecule has 0 aromatic heterocycles. The first-order valence-electron chi connectivity index (χ1n) is 9.29. The van der Waals surface area contributed by atoms with Crippen molar-refractivity contribution in [1.29, 1.82) is 0 Å². The fraction of sp³-hybridized carbons (Fsp3) is 0.429. The van der Waals surface area contributed by atoms with Crippen molar-refractivity contribution in [3.05, 3.63) is 48.5 Å². The number of methoxy groups -OCH3 is 2. The van der Waals surface area contributed by atoms with E-state index in [-0.39, 0.29) is 0 Å². The van der Waals surface area contributed by atoms with Crippen molar-refractivity contribution < 1.29 is 18.3 Å². The molecule has 0 aliphatic heterocycles. The van der Waals surface area contributed by atoms with Crippen molar-refractivity contribution in [1.82, 2.24) is 0 Å². The lowest BCUT2D eigenvalue weighted by Gasteiger charge is -2.37. The summed E-state index contributed by atoms with van der Waals surface area (Å²) >= 11 is 0. The summed E-state index contributed by atoms with van der Waals surface area (Å²) in [6.45, 7) is 2.19. The van der Waals surface area contributed by atoms with Crippen LogP contribution in [-0.2, 0) is 0 Å². The van der Waals surface area contributed by atoms with Crippen molar-refractivity contribution in [2.45, 2.75) is 44.2 Å². The van der Waals surface area contributed by atoms with Gasteiger partial charge in [-0.05, 0) is 61.4 Å². The lowest BCUT2D eigenvalue weighted by atomic mass is 10.0. The van der Waals surface area contributed by atoms with E-state index < -0.39 is 8.56 Å². The van der Waals surface area contributed by atoms with Gasteiger partial charge in [-0.15, -0.1) is 0 Å². The van der Waals surface area contributed by atoms with E-state index in [0.29, 0.717) is 5.54 Å². The zero-order valence-corrected chi connectivity index (χ0v) is 16.9. The Labute approximate surface area is 157 Å².